The van der Waals surface area contributed by atoms with Crippen molar-refractivity contribution < 1.29 is 28.9 Å². The van der Waals surface area contributed by atoms with Gasteiger partial charge in [0.15, 0.2) is 11.5 Å². The largest absolute Gasteiger partial charge is 0.494 e. The first-order chi connectivity index (χ1) is 14.6. The van der Waals surface area contributed by atoms with Crippen LogP contribution in [0.5, 0.6) is 17.2 Å². The van der Waals surface area contributed by atoms with Crippen molar-refractivity contribution in [1.82, 2.24) is 4.90 Å². The third kappa shape index (κ3) is 3.88. The molecule has 0 saturated heterocycles. The summed E-state index contributed by atoms with van der Waals surface area (Å²) < 4.78 is 16.2. The molecule has 1 N–H and O–H groups in total. The molecule has 0 saturated carbocycles. The topological polar surface area (TPSA) is 85.3 Å². The summed E-state index contributed by atoms with van der Waals surface area (Å²) in [5, 5.41) is 9.23. The second kappa shape index (κ2) is 8.81. The zero-order valence-electron chi connectivity index (χ0n) is 16.4. The van der Waals surface area contributed by atoms with Crippen LogP contribution in [-0.2, 0) is 16.1 Å². The molecule has 2 amide bonds. The van der Waals surface area contributed by atoms with Crippen LogP contribution < -0.4 is 14.2 Å². The Bertz CT molecular complexity index is 1000. The van der Waals surface area contributed by atoms with Crippen LogP contribution in [0.2, 0.25) is 0 Å². The minimum Gasteiger partial charge on any atom is -0.494 e. The molecule has 7 nitrogen and oxygen atoms in total. The van der Waals surface area contributed by atoms with Crippen molar-refractivity contribution in [2.75, 3.05) is 25.8 Å². The third-order valence-electron chi connectivity index (χ3n) is 4.69. The number of hydrogen-bond acceptors (Lipinski definition) is 7. The highest BCUT2D eigenvalue weighted by Gasteiger charge is 2.39. The Morgan fingerprint density at radius 3 is 2.57 bits per heavy atom. The predicted molar refractivity (Wildman–Crippen MR) is 112 cm³/mol. The predicted octanol–water partition coefficient (Wildman–Crippen LogP) is 2.82. The molecule has 0 spiro atoms. The van der Waals surface area contributed by atoms with E-state index in [-0.39, 0.29) is 31.8 Å². The van der Waals surface area contributed by atoms with E-state index in [1.807, 2.05) is 13.0 Å². The van der Waals surface area contributed by atoms with Crippen LogP contribution in [0.1, 0.15) is 18.1 Å². The monoisotopic (exact) mass is 427 g/mol. The van der Waals surface area contributed by atoms with E-state index in [0.717, 1.165) is 5.56 Å². The number of nitrogens with zero attached hydrogens (tertiary/aromatic N) is 1. The lowest BCUT2D eigenvalue weighted by Gasteiger charge is -2.15. The second-order valence-corrected chi connectivity index (χ2v) is 7.72. The van der Waals surface area contributed by atoms with Crippen LogP contribution >= 0.6 is 11.8 Å². The summed E-state index contributed by atoms with van der Waals surface area (Å²) in [5.74, 6) is 1.54. The Balaban J connectivity index is 1.62. The summed E-state index contributed by atoms with van der Waals surface area (Å²) in [7, 11) is 0. The first-order valence-electron chi connectivity index (χ1n) is 9.58. The summed E-state index contributed by atoms with van der Waals surface area (Å²) in [6, 6.07) is 12.5. The first kappa shape index (κ1) is 20.3. The van der Waals surface area contributed by atoms with Crippen molar-refractivity contribution in [1.29, 1.82) is 0 Å². The number of imide groups is 1. The molecule has 8 heteroatoms. The highest BCUT2D eigenvalue weighted by Crippen LogP contribution is 2.38. The minimum absolute atomic E-state index is 0.0889. The normalized spacial score (nSPS) is 15.3. The van der Waals surface area contributed by atoms with Crippen molar-refractivity contribution >= 4 is 29.1 Å². The Morgan fingerprint density at radius 2 is 1.83 bits per heavy atom. The zero-order valence-corrected chi connectivity index (χ0v) is 17.2. The molecule has 30 heavy (non-hydrogen) atoms. The van der Waals surface area contributed by atoms with Crippen LogP contribution in [0.25, 0.3) is 5.57 Å². The summed E-state index contributed by atoms with van der Waals surface area (Å²) >= 11 is 1.19. The lowest BCUT2D eigenvalue weighted by atomic mass is 10.1. The fraction of sp³-hybridized carbons (Fsp3) is 0.273. The molecule has 0 bridgehead atoms. The highest BCUT2D eigenvalue weighted by molar-refractivity contribution is 8.04. The van der Waals surface area contributed by atoms with Crippen LogP contribution in [0.3, 0.4) is 0 Å². The van der Waals surface area contributed by atoms with Gasteiger partial charge in [0.25, 0.3) is 11.8 Å². The fourth-order valence-electron chi connectivity index (χ4n) is 3.34. The molecular formula is C22H21NO6S. The number of rotatable bonds is 8. The molecule has 0 atom stereocenters. The molecule has 0 aromatic heterocycles. The number of amides is 2. The van der Waals surface area contributed by atoms with Crippen molar-refractivity contribution in [3.05, 3.63) is 58.5 Å². The minimum atomic E-state index is -0.361. The quantitative estimate of drug-likeness (QED) is 0.649. The van der Waals surface area contributed by atoms with E-state index in [0.29, 0.717) is 45.6 Å². The van der Waals surface area contributed by atoms with Gasteiger partial charge in [0, 0.05) is 5.75 Å². The number of hydrogen-bond donors (Lipinski definition) is 1. The van der Waals surface area contributed by atoms with Gasteiger partial charge in [-0.3, -0.25) is 14.5 Å². The van der Waals surface area contributed by atoms with E-state index in [9.17, 15) is 14.7 Å². The lowest BCUT2D eigenvalue weighted by molar-refractivity contribution is -0.137. The summed E-state index contributed by atoms with van der Waals surface area (Å²) in [5.41, 5.74) is 1.76. The fourth-order valence-corrected chi connectivity index (χ4v) is 4.22. The van der Waals surface area contributed by atoms with Gasteiger partial charge in [0.05, 0.1) is 30.2 Å². The Labute approximate surface area is 178 Å². The highest BCUT2D eigenvalue weighted by atomic mass is 32.2. The van der Waals surface area contributed by atoms with Crippen molar-refractivity contribution in [3.8, 4) is 17.2 Å². The Kier molecular flexibility index (Phi) is 5.96. The zero-order chi connectivity index (χ0) is 21.1. The van der Waals surface area contributed by atoms with E-state index < -0.39 is 0 Å². The van der Waals surface area contributed by atoms with Crippen LogP contribution in [-0.4, -0.2) is 47.6 Å². The van der Waals surface area contributed by atoms with Crippen molar-refractivity contribution in [3.63, 3.8) is 0 Å². The SMILES string of the molecule is CCOc1ccc(C2=C(SCCO)C(=O)N(Cc3ccc4c(c3)OCO4)C2=O)cc1. The molecule has 156 valence electrons. The average Bonchev–Trinajstić information content (AvgIpc) is 3.31. The molecular weight excluding hydrogens is 406 g/mol. The lowest BCUT2D eigenvalue weighted by Crippen LogP contribution is -2.31. The smallest absolute Gasteiger partial charge is 0.268 e. The number of carbonyl (C=O) groups is 2. The molecule has 2 aromatic rings. The number of ether oxygens (including phenoxy) is 3. The van der Waals surface area contributed by atoms with Crippen LogP contribution in [0.15, 0.2) is 47.4 Å². The molecule has 4 rings (SSSR count). The van der Waals surface area contributed by atoms with Gasteiger partial charge >= 0.3 is 0 Å². The third-order valence-corrected chi connectivity index (χ3v) is 5.75. The van der Waals surface area contributed by atoms with Crippen molar-refractivity contribution in [2.24, 2.45) is 0 Å². The number of benzene rings is 2. The van der Waals surface area contributed by atoms with Gasteiger partial charge in [0.2, 0.25) is 6.79 Å². The second-order valence-electron chi connectivity index (χ2n) is 6.62. The molecule has 2 heterocycles. The van der Waals surface area contributed by atoms with Gasteiger partial charge in [-0.2, -0.15) is 0 Å². The number of thioether (sulfide) groups is 1. The maximum atomic E-state index is 13.2. The number of fused-ring (bicyclic) bond motifs is 1. The van der Waals surface area contributed by atoms with Gasteiger partial charge in [-0.15, -0.1) is 11.8 Å². The molecule has 0 radical (unpaired) electrons. The molecule has 0 fully saturated rings. The standard InChI is InChI=1S/C22H21NO6S/c1-2-27-16-6-4-15(5-7-16)19-20(30-10-9-24)22(26)23(21(19)25)12-14-3-8-17-18(11-14)29-13-28-17/h3-8,11,24H,2,9-10,12-13H2,1H3. The molecule has 0 aliphatic carbocycles. The molecule has 2 aliphatic heterocycles. The van der Waals surface area contributed by atoms with E-state index in [1.54, 1.807) is 36.4 Å². The summed E-state index contributed by atoms with van der Waals surface area (Å²) in [4.78, 5) is 27.9. The number of aliphatic hydroxyl groups is 1. The van der Waals surface area contributed by atoms with E-state index in [1.165, 1.54) is 16.7 Å². The average molecular weight is 427 g/mol. The van der Waals surface area contributed by atoms with Gasteiger partial charge < -0.3 is 19.3 Å². The van der Waals surface area contributed by atoms with Gasteiger partial charge in [-0.05, 0) is 42.3 Å². The maximum Gasteiger partial charge on any atom is 0.268 e. The number of carbonyl (C=O) groups excluding carboxylic acids is 2. The van der Waals surface area contributed by atoms with Crippen LogP contribution in [0.4, 0.5) is 0 Å². The Morgan fingerprint density at radius 1 is 1.07 bits per heavy atom. The first-order valence-corrected chi connectivity index (χ1v) is 10.6. The molecule has 2 aromatic carbocycles. The van der Waals surface area contributed by atoms with Gasteiger partial charge in [0.1, 0.15) is 5.75 Å². The van der Waals surface area contributed by atoms with Gasteiger partial charge in [-0.25, -0.2) is 0 Å². The molecule has 2 aliphatic rings. The summed E-state index contributed by atoms with van der Waals surface area (Å²) in [6.45, 7) is 2.63. The van der Waals surface area contributed by atoms with Crippen molar-refractivity contribution in [2.45, 2.75) is 13.5 Å². The van der Waals surface area contributed by atoms with E-state index in [2.05, 4.69) is 0 Å². The maximum absolute atomic E-state index is 13.2. The number of aliphatic hydroxyl groups excluding tert-OH is 1. The van der Waals surface area contributed by atoms with Gasteiger partial charge in [-0.1, -0.05) is 18.2 Å². The van der Waals surface area contributed by atoms with Crippen LogP contribution in [0, 0.1) is 0 Å². The Hall–Kier alpha value is -2.97. The van der Waals surface area contributed by atoms with E-state index >= 15 is 0 Å². The summed E-state index contributed by atoms with van der Waals surface area (Å²) in [6.07, 6.45) is 0. The van der Waals surface area contributed by atoms with E-state index in [4.69, 9.17) is 14.2 Å². The molecule has 0 unspecified atom stereocenters.